The number of hydrogen-bond donors (Lipinski definition) is 2. The molecule has 0 radical (unpaired) electrons. The quantitative estimate of drug-likeness (QED) is 0.809. The number of morpholine rings is 1. The van der Waals surface area contributed by atoms with Gasteiger partial charge in [0.1, 0.15) is 0 Å². The number of benzene rings is 1. The van der Waals surface area contributed by atoms with Crippen LogP contribution in [0, 0.1) is 0 Å². The van der Waals surface area contributed by atoms with Crippen molar-refractivity contribution < 1.29 is 14.3 Å². The largest absolute Gasteiger partial charge is 0.380 e. The molecule has 1 aromatic rings. The van der Waals surface area contributed by atoms with Crippen molar-refractivity contribution in [1.29, 1.82) is 0 Å². The number of amides is 1. The monoisotopic (exact) mass is 278 g/mol. The molecule has 1 unspecified atom stereocenters. The Morgan fingerprint density at radius 1 is 1.45 bits per heavy atom. The molecule has 0 aliphatic carbocycles. The fourth-order valence-electron chi connectivity index (χ4n) is 2.25. The molecule has 0 bridgehead atoms. The number of nitrogens with one attached hydrogen (secondary N) is 2. The molecule has 1 aliphatic rings. The normalized spacial score (nSPS) is 18.8. The Labute approximate surface area is 119 Å². The highest BCUT2D eigenvalue weighted by atomic mass is 16.5. The van der Waals surface area contributed by atoms with Gasteiger partial charge < -0.3 is 20.1 Å². The second-order valence-electron chi connectivity index (χ2n) is 4.88. The molecule has 1 heterocycles. The molecule has 0 saturated carbocycles. The van der Waals surface area contributed by atoms with E-state index in [1.165, 1.54) is 0 Å². The van der Waals surface area contributed by atoms with Crippen molar-refractivity contribution in [1.82, 2.24) is 10.6 Å². The third kappa shape index (κ3) is 4.59. The maximum atomic E-state index is 11.9. The van der Waals surface area contributed by atoms with Crippen molar-refractivity contribution in [3.8, 4) is 0 Å². The van der Waals surface area contributed by atoms with Crippen molar-refractivity contribution >= 4 is 5.91 Å². The van der Waals surface area contributed by atoms with Crippen LogP contribution in [0.3, 0.4) is 0 Å². The van der Waals surface area contributed by atoms with Crippen LogP contribution in [0.5, 0.6) is 0 Å². The minimum Gasteiger partial charge on any atom is -0.380 e. The van der Waals surface area contributed by atoms with E-state index in [-0.39, 0.29) is 12.0 Å². The molecule has 0 aromatic heterocycles. The van der Waals surface area contributed by atoms with Gasteiger partial charge in [-0.3, -0.25) is 4.79 Å². The SMILES string of the molecule is COCc1ccccc1CNC(=O)CC1CNCCO1. The predicted octanol–water partition coefficient (Wildman–Crippen LogP) is 0.828. The summed E-state index contributed by atoms with van der Waals surface area (Å²) in [7, 11) is 1.67. The maximum Gasteiger partial charge on any atom is 0.222 e. The number of ether oxygens (including phenoxy) is 2. The minimum atomic E-state index is -0.0158. The van der Waals surface area contributed by atoms with Gasteiger partial charge in [0.15, 0.2) is 0 Å². The summed E-state index contributed by atoms with van der Waals surface area (Å²) in [5, 5.41) is 6.16. The van der Waals surface area contributed by atoms with E-state index in [0.29, 0.717) is 26.2 Å². The van der Waals surface area contributed by atoms with Gasteiger partial charge in [-0.1, -0.05) is 24.3 Å². The van der Waals surface area contributed by atoms with Crippen LogP contribution in [0.4, 0.5) is 0 Å². The molecule has 2 N–H and O–H groups in total. The average Bonchev–Trinajstić information content (AvgIpc) is 2.48. The van der Waals surface area contributed by atoms with Gasteiger partial charge in [0.25, 0.3) is 0 Å². The van der Waals surface area contributed by atoms with Gasteiger partial charge in [-0.15, -0.1) is 0 Å². The van der Waals surface area contributed by atoms with E-state index >= 15 is 0 Å². The van der Waals surface area contributed by atoms with Gasteiger partial charge in [-0.2, -0.15) is 0 Å². The Bertz CT molecular complexity index is 431. The zero-order valence-electron chi connectivity index (χ0n) is 11.9. The third-order valence-electron chi connectivity index (χ3n) is 3.31. The fraction of sp³-hybridized carbons (Fsp3) is 0.533. The zero-order chi connectivity index (χ0) is 14.2. The highest BCUT2D eigenvalue weighted by Crippen LogP contribution is 2.10. The van der Waals surface area contributed by atoms with Gasteiger partial charge in [-0.05, 0) is 11.1 Å². The Kier molecular flexibility index (Phi) is 5.98. The molecule has 20 heavy (non-hydrogen) atoms. The zero-order valence-corrected chi connectivity index (χ0v) is 11.9. The van der Waals surface area contributed by atoms with E-state index in [9.17, 15) is 4.79 Å². The van der Waals surface area contributed by atoms with E-state index in [0.717, 1.165) is 24.2 Å². The van der Waals surface area contributed by atoms with E-state index in [4.69, 9.17) is 9.47 Å². The molecule has 1 atom stereocenters. The Balaban J connectivity index is 1.80. The molecule has 5 heteroatoms. The second kappa shape index (κ2) is 7.99. The molecule has 110 valence electrons. The molecule has 1 fully saturated rings. The lowest BCUT2D eigenvalue weighted by Crippen LogP contribution is -2.41. The van der Waals surface area contributed by atoms with Gasteiger partial charge in [-0.25, -0.2) is 0 Å². The van der Waals surface area contributed by atoms with Crippen LogP contribution < -0.4 is 10.6 Å². The number of hydrogen-bond acceptors (Lipinski definition) is 4. The first-order chi connectivity index (χ1) is 9.79. The Morgan fingerprint density at radius 3 is 2.95 bits per heavy atom. The molecule has 1 aromatic carbocycles. The summed E-state index contributed by atoms with van der Waals surface area (Å²) >= 11 is 0. The van der Waals surface area contributed by atoms with Crippen molar-refractivity contribution in [2.75, 3.05) is 26.8 Å². The fourth-order valence-corrected chi connectivity index (χ4v) is 2.25. The lowest BCUT2D eigenvalue weighted by atomic mass is 10.1. The first-order valence-corrected chi connectivity index (χ1v) is 6.94. The van der Waals surface area contributed by atoms with E-state index in [1.807, 2.05) is 24.3 Å². The summed E-state index contributed by atoms with van der Waals surface area (Å²) in [6, 6.07) is 7.96. The van der Waals surface area contributed by atoms with Crippen LogP contribution in [0.1, 0.15) is 17.5 Å². The molecule has 1 saturated heterocycles. The molecule has 5 nitrogen and oxygen atoms in total. The summed E-state index contributed by atoms with van der Waals surface area (Å²) in [4.78, 5) is 11.9. The lowest BCUT2D eigenvalue weighted by molar-refractivity contribution is -0.124. The summed E-state index contributed by atoms with van der Waals surface area (Å²) < 4.78 is 10.7. The summed E-state index contributed by atoms with van der Waals surface area (Å²) in [5.74, 6) is 0.0194. The smallest absolute Gasteiger partial charge is 0.222 e. The first kappa shape index (κ1) is 15.0. The number of carbonyl (C=O) groups excluding carboxylic acids is 1. The van der Waals surface area contributed by atoms with Gasteiger partial charge in [0.05, 0.1) is 25.7 Å². The average molecular weight is 278 g/mol. The lowest BCUT2D eigenvalue weighted by Gasteiger charge is -2.23. The van der Waals surface area contributed by atoms with E-state index in [1.54, 1.807) is 7.11 Å². The summed E-state index contributed by atoms with van der Waals surface area (Å²) in [6.07, 6.45) is 0.386. The summed E-state index contributed by atoms with van der Waals surface area (Å²) in [5.41, 5.74) is 2.19. The second-order valence-corrected chi connectivity index (χ2v) is 4.88. The predicted molar refractivity (Wildman–Crippen MR) is 76.2 cm³/mol. The van der Waals surface area contributed by atoms with E-state index in [2.05, 4.69) is 10.6 Å². The van der Waals surface area contributed by atoms with Crippen molar-refractivity contribution in [3.63, 3.8) is 0 Å². The first-order valence-electron chi connectivity index (χ1n) is 6.94. The standard InChI is InChI=1S/C15H22N2O3/c1-19-11-13-5-3-2-4-12(13)9-17-15(18)8-14-10-16-6-7-20-14/h2-5,14,16H,6-11H2,1H3,(H,17,18). The molecule has 1 amide bonds. The maximum absolute atomic E-state index is 11.9. The van der Waals surface area contributed by atoms with Crippen molar-refractivity contribution in [3.05, 3.63) is 35.4 Å². The number of methoxy groups -OCH3 is 1. The van der Waals surface area contributed by atoms with Crippen molar-refractivity contribution in [2.45, 2.75) is 25.7 Å². The van der Waals surface area contributed by atoms with Crippen LogP contribution >= 0.6 is 0 Å². The van der Waals surface area contributed by atoms with Crippen LogP contribution in [0.2, 0.25) is 0 Å². The summed E-state index contributed by atoms with van der Waals surface area (Å²) in [6.45, 7) is 3.37. The van der Waals surface area contributed by atoms with Gasteiger partial charge in [0, 0.05) is 26.7 Å². The molecular formula is C15H22N2O3. The Morgan fingerprint density at radius 2 is 2.25 bits per heavy atom. The molecule has 0 spiro atoms. The molecule has 1 aliphatic heterocycles. The van der Waals surface area contributed by atoms with Crippen LogP contribution in [0.15, 0.2) is 24.3 Å². The van der Waals surface area contributed by atoms with E-state index < -0.39 is 0 Å². The highest BCUT2D eigenvalue weighted by molar-refractivity contribution is 5.76. The third-order valence-corrected chi connectivity index (χ3v) is 3.31. The van der Waals surface area contributed by atoms with Crippen LogP contribution in [-0.2, 0) is 27.4 Å². The minimum absolute atomic E-state index is 0.0158. The van der Waals surface area contributed by atoms with Gasteiger partial charge >= 0.3 is 0 Å². The number of carbonyl (C=O) groups is 1. The Hall–Kier alpha value is -1.43. The topological polar surface area (TPSA) is 59.6 Å². The van der Waals surface area contributed by atoms with Crippen molar-refractivity contribution in [2.24, 2.45) is 0 Å². The van der Waals surface area contributed by atoms with Crippen LogP contribution in [-0.4, -0.2) is 38.8 Å². The molecular weight excluding hydrogens is 256 g/mol. The number of rotatable bonds is 6. The van der Waals surface area contributed by atoms with Gasteiger partial charge in [0.2, 0.25) is 5.91 Å². The highest BCUT2D eigenvalue weighted by Gasteiger charge is 2.17. The molecule has 2 rings (SSSR count). The van der Waals surface area contributed by atoms with Crippen LogP contribution in [0.25, 0.3) is 0 Å².